The molecule has 0 saturated heterocycles. The zero-order chi connectivity index (χ0) is 15.2. The van der Waals surface area contributed by atoms with Crippen molar-refractivity contribution < 1.29 is 8.42 Å². The van der Waals surface area contributed by atoms with Crippen molar-refractivity contribution in [2.75, 3.05) is 25.1 Å². The van der Waals surface area contributed by atoms with E-state index < -0.39 is 10.0 Å². The standard InChI is InChI=1S/C12H18Cl2N2O2S2/c1-3-15-8-9-10(13)4-5-11(12(9)14)20(17,18)16-6-7-19-2/h4-5,15-16H,3,6-8H2,1-2H3. The number of sulfonamides is 1. The lowest BCUT2D eigenvalue weighted by atomic mass is 10.2. The average Bonchev–Trinajstić information content (AvgIpc) is 2.38. The largest absolute Gasteiger partial charge is 0.313 e. The van der Waals surface area contributed by atoms with Gasteiger partial charge in [-0.25, -0.2) is 13.1 Å². The van der Waals surface area contributed by atoms with Crippen LogP contribution in [0.5, 0.6) is 0 Å². The molecule has 0 heterocycles. The van der Waals surface area contributed by atoms with Gasteiger partial charge in [-0.05, 0) is 24.9 Å². The van der Waals surface area contributed by atoms with E-state index >= 15 is 0 Å². The summed E-state index contributed by atoms with van der Waals surface area (Å²) in [5.41, 5.74) is 0.600. The molecule has 2 N–H and O–H groups in total. The van der Waals surface area contributed by atoms with E-state index in [1.807, 2.05) is 13.2 Å². The normalized spacial score (nSPS) is 11.8. The number of benzene rings is 1. The Balaban J connectivity index is 3.06. The SMILES string of the molecule is CCNCc1c(Cl)ccc(S(=O)(=O)NCCSC)c1Cl. The molecule has 1 aromatic rings. The minimum Gasteiger partial charge on any atom is -0.313 e. The predicted molar refractivity (Wildman–Crippen MR) is 87.4 cm³/mol. The van der Waals surface area contributed by atoms with Crippen LogP contribution in [0.25, 0.3) is 0 Å². The van der Waals surface area contributed by atoms with Crippen LogP contribution in [0.2, 0.25) is 10.0 Å². The van der Waals surface area contributed by atoms with Crippen molar-refractivity contribution in [1.82, 2.24) is 10.0 Å². The zero-order valence-electron chi connectivity index (χ0n) is 11.4. The molecule has 0 amide bonds. The summed E-state index contributed by atoms with van der Waals surface area (Å²) in [5, 5.41) is 3.72. The van der Waals surface area contributed by atoms with E-state index in [1.165, 1.54) is 6.07 Å². The van der Waals surface area contributed by atoms with Crippen LogP contribution in [-0.4, -0.2) is 33.5 Å². The first kappa shape index (κ1) is 18.1. The van der Waals surface area contributed by atoms with Crippen LogP contribution < -0.4 is 10.0 Å². The molecule has 0 fully saturated rings. The summed E-state index contributed by atoms with van der Waals surface area (Å²) in [6.07, 6.45) is 1.91. The molecule has 1 aromatic carbocycles. The van der Waals surface area contributed by atoms with Crippen molar-refractivity contribution in [3.8, 4) is 0 Å². The van der Waals surface area contributed by atoms with Gasteiger partial charge >= 0.3 is 0 Å². The Morgan fingerprint density at radius 3 is 2.60 bits per heavy atom. The number of thioether (sulfide) groups is 1. The molecule has 0 saturated carbocycles. The van der Waals surface area contributed by atoms with Crippen LogP contribution in [0, 0.1) is 0 Å². The highest BCUT2D eigenvalue weighted by atomic mass is 35.5. The third-order valence-corrected chi connectivity index (χ3v) is 5.60. The van der Waals surface area contributed by atoms with Gasteiger partial charge in [0.2, 0.25) is 10.0 Å². The van der Waals surface area contributed by atoms with E-state index in [2.05, 4.69) is 10.0 Å². The summed E-state index contributed by atoms with van der Waals surface area (Å²) in [5.74, 6) is 0.703. The Bertz CT molecular complexity index is 551. The average molecular weight is 357 g/mol. The van der Waals surface area contributed by atoms with Crippen LogP contribution in [0.15, 0.2) is 17.0 Å². The third-order valence-electron chi connectivity index (χ3n) is 2.59. The van der Waals surface area contributed by atoms with Gasteiger partial charge in [-0.1, -0.05) is 30.1 Å². The maximum Gasteiger partial charge on any atom is 0.242 e. The molecule has 0 aliphatic heterocycles. The van der Waals surface area contributed by atoms with Gasteiger partial charge in [-0.3, -0.25) is 0 Å². The second-order valence-corrected chi connectivity index (χ2v) is 7.52. The Labute approximate surface area is 134 Å². The summed E-state index contributed by atoms with van der Waals surface area (Å²) in [6, 6.07) is 2.99. The summed E-state index contributed by atoms with van der Waals surface area (Å²) in [6.45, 7) is 3.50. The summed E-state index contributed by atoms with van der Waals surface area (Å²) < 4.78 is 26.9. The fourth-order valence-electron chi connectivity index (χ4n) is 1.55. The molecule has 0 bridgehead atoms. The Morgan fingerprint density at radius 1 is 1.30 bits per heavy atom. The Morgan fingerprint density at radius 2 is 2.00 bits per heavy atom. The highest BCUT2D eigenvalue weighted by Crippen LogP contribution is 2.30. The highest BCUT2D eigenvalue weighted by Gasteiger charge is 2.21. The lowest BCUT2D eigenvalue weighted by Crippen LogP contribution is -2.26. The van der Waals surface area contributed by atoms with E-state index in [0.717, 1.165) is 6.54 Å². The second-order valence-electron chi connectivity index (χ2n) is 4.01. The molecule has 0 radical (unpaired) electrons. The van der Waals surface area contributed by atoms with Gasteiger partial charge in [0.25, 0.3) is 0 Å². The molecular formula is C12H18Cl2N2O2S2. The Hall–Kier alpha value is 0.0200. The van der Waals surface area contributed by atoms with Gasteiger partial charge in [0.15, 0.2) is 0 Å². The Kier molecular flexibility index (Phi) is 7.64. The summed E-state index contributed by atoms with van der Waals surface area (Å²) >= 11 is 13.8. The van der Waals surface area contributed by atoms with Gasteiger partial charge in [0.1, 0.15) is 4.90 Å². The first-order valence-electron chi connectivity index (χ1n) is 6.10. The van der Waals surface area contributed by atoms with Crippen LogP contribution >= 0.6 is 35.0 Å². The second kappa shape index (κ2) is 8.46. The minimum atomic E-state index is -3.61. The number of nitrogens with one attached hydrogen (secondary N) is 2. The lowest BCUT2D eigenvalue weighted by molar-refractivity contribution is 0.584. The molecule has 114 valence electrons. The summed E-state index contributed by atoms with van der Waals surface area (Å²) in [7, 11) is -3.61. The van der Waals surface area contributed by atoms with Crippen molar-refractivity contribution in [3.05, 3.63) is 27.7 Å². The van der Waals surface area contributed by atoms with Crippen molar-refractivity contribution in [2.24, 2.45) is 0 Å². The molecule has 0 spiro atoms. The van der Waals surface area contributed by atoms with Crippen molar-refractivity contribution in [2.45, 2.75) is 18.4 Å². The van der Waals surface area contributed by atoms with E-state index in [9.17, 15) is 8.42 Å². The maximum absolute atomic E-state index is 12.2. The van der Waals surface area contributed by atoms with Gasteiger partial charge < -0.3 is 5.32 Å². The quantitative estimate of drug-likeness (QED) is 0.703. The van der Waals surface area contributed by atoms with Crippen molar-refractivity contribution >= 4 is 45.0 Å². The van der Waals surface area contributed by atoms with E-state index in [-0.39, 0.29) is 9.92 Å². The van der Waals surface area contributed by atoms with Crippen LogP contribution in [0.4, 0.5) is 0 Å². The van der Waals surface area contributed by atoms with E-state index in [1.54, 1.807) is 17.8 Å². The topological polar surface area (TPSA) is 58.2 Å². The minimum absolute atomic E-state index is 0.0672. The smallest absolute Gasteiger partial charge is 0.242 e. The number of rotatable bonds is 8. The molecule has 0 aliphatic rings. The molecule has 8 heteroatoms. The molecule has 4 nitrogen and oxygen atoms in total. The third kappa shape index (κ3) is 4.79. The number of hydrogen-bond acceptors (Lipinski definition) is 4. The van der Waals surface area contributed by atoms with Crippen LogP contribution in [0.3, 0.4) is 0 Å². The van der Waals surface area contributed by atoms with Gasteiger partial charge in [0.05, 0.1) is 5.02 Å². The number of hydrogen-bond donors (Lipinski definition) is 2. The summed E-state index contributed by atoms with van der Waals surface area (Å²) in [4.78, 5) is 0.0672. The van der Waals surface area contributed by atoms with Gasteiger partial charge in [-0.15, -0.1) is 0 Å². The fraction of sp³-hybridized carbons (Fsp3) is 0.500. The molecule has 1 rings (SSSR count). The first-order valence-corrected chi connectivity index (χ1v) is 9.73. The van der Waals surface area contributed by atoms with Crippen molar-refractivity contribution in [3.63, 3.8) is 0 Å². The molecule has 20 heavy (non-hydrogen) atoms. The van der Waals surface area contributed by atoms with E-state index in [4.69, 9.17) is 23.2 Å². The maximum atomic E-state index is 12.2. The molecule has 0 unspecified atom stereocenters. The van der Waals surface area contributed by atoms with E-state index in [0.29, 0.717) is 29.4 Å². The molecule has 0 aliphatic carbocycles. The predicted octanol–water partition coefficient (Wildman–Crippen LogP) is 2.74. The molecule has 0 aromatic heterocycles. The first-order chi connectivity index (χ1) is 9.44. The lowest BCUT2D eigenvalue weighted by Gasteiger charge is -2.13. The van der Waals surface area contributed by atoms with Gasteiger partial charge in [-0.2, -0.15) is 11.8 Å². The van der Waals surface area contributed by atoms with Crippen molar-refractivity contribution in [1.29, 1.82) is 0 Å². The number of halogens is 2. The highest BCUT2D eigenvalue weighted by molar-refractivity contribution is 7.98. The van der Waals surface area contributed by atoms with Crippen LogP contribution in [-0.2, 0) is 16.6 Å². The van der Waals surface area contributed by atoms with Crippen LogP contribution in [0.1, 0.15) is 12.5 Å². The molecule has 0 atom stereocenters. The fourth-order valence-corrected chi connectivity index (χ4v) is 3.93. The van der Waals surface area contributed by atoms with Gasteiger partial charge in [0, 0.05) is 29.4 Å². The monoisotopic (exact) mass is 356 g/mol. The molecular weight excluding hydrogens is 339 g/mol. The zero-order valence-corrected chi connectivity index (χ0v) is 14.5.